The molecule has 0 radical (unpaired) electrons. The first-order chi connectivity index (χ1) is 13.5. The molecule has 3 rings (SSSR count). The molecule has 29 heavy (non-hydrogen) atoms. The third kappa shape index (κ3) is 3.35. The minimum Gasteiger partial charge on any atom is -0.507 e. The molecule has 3 aliphatic carbocycles. The van der Waals surface area contributed by atoms with Gasteiger partial charge in [-0.25, -0.2) is 0 Å². The largest absolute Gasteiger partial charge is 0.507 e. The quantitative estimate of drug-likeness (QED) is 0.437. The highest BCUT2D eigenvalue weighted by molar-refractivity contribution is 6.50. The second-order valence-corrected chi connectivity index (χ2v) is 9.69. The van der Waals surface area contributed by atoms with Crippen LogP contribution in [0.3, 0.4) is 0 Å². The van der Waals surface area contributed by atoms with E-state index in [1.165, 1.54) is 6.92 Å². The van der Waals surface area contributed by atoms with Crippen molar-refractivity contribution in [2.45, 2.75) is 66.4 Å². The third-order valence-electron chi connectivity index (χ3n) is 7.34. The summed E-state index contributed by atoms with van der Waals surface area (Å²) < 4.78 is 10.7. The van der Waals surface area contributed by atoms with Crippen molar-refractivity contribution >= 4 is 17.5 Å². The summed E-state index contributed by atoms with van der Waals surface area (Å²) in [4.78, 5) is 37.6. The molecule has 0 bridgehead atoms. The Bertz CT molecular complexity index is 817. The predicted octanol–water partition coefficient (Wildman–Crippen LogP) is 3.70. The third-order valence-corrected chi connectivity index (χ3v) is 7.34. The number of fused-ring (bicyclic) bond motifs is 2. The summed E-state index contributed by atoms with van der Waals surface area (Å²) in [6.07, 6.45) is 3.07. The summed E-state index contributed by atoms with van der Waals surface area (Å²) in [5.74, 6) is -2.29. The smallest absolute Gasteiger partial charge is 0.302 e. The SMILES string of the molecule is CO[C@@H]1C[C@H]2C(C)(C)CCC[C@]2(C)C2=C1C(O)=C(C(C)COC(C)=O)C(=O)C2=O. The number of Topliss-reactive ketones (excluding diaryl/α,β-unsaturated/α-hetero) is 2. The van der Waals surface area contributed by atoms with Crippen LogP contribution in [0, 0.1) is 22.7 Å². The summed E-state index contributed by atoms with van der Waals surface area (Å²) in [6, 6.07) is 0. The average molecular weight is 405 g/mol. The highest BCUT2D eigenvalue weighted by Crippen LogP contribution is 2.61. The topological polar surface area (TPSA) is 89.9 Å². The van der Waals surface area contributed by atoms with E-state index in [2.05, 4.69) is 20.8 Å². The standard InChI is InChI=1S/C23H32O6/c1-12(11-29-13(2)24)16-19(25)17-14(28-6)10-15-22(3,4)8-7-9-23(15,5)18(17)21(27)20(16)26/h12,14-15,25H,7-11H2,1-6H3/t12?,14-,15+,23+/m1/s1. The fraction of sp³-hybridized carbons (Fsp3) is 0.696. The molecule has 1 N–H and O–H groups in total. The zero-order valence-corrected chi connectivity index (χ0v) is 18.3. The Kier molecular flexibility index (Phi) is 5.54. The number of esters is 1. The van der Waals surface area contributed by atoms with Crippen molar-refractivity contribution in [3.63, 3.8) is 0 Å². The number of carbonyl (C=O) groups excluding carboxylic acids is 3. The van der Waals surface area contributed by atoms with Crippen molar-refractivity contribution in [3.05, 3.63) is 22.5 Å². The van der Waals surface area contributed by atoms with Gasteiger partial charge in [0.25, 0.3) is 0 Å². The molecule has 160 valence electrons. The van der Waals surface area contributed by atoms with E-state index < -0.39 is 35.0 Å². The molecule has 0 aromatic heterocycles. The van der Waals surface area contributed by atoms with Crippen LogP contribution in [0.4, 0.5) is 0 Å². The Labute approximate surface area is 172 Å². The lowest BCUT2D eigenvalue weighted by molar-refractivity contribution is -0.142. The van der Waals surface area contributed by atoms with E-state index in [1.807, 2.05) is 0 Å². The van der Waals surface area contributed by atoms with Gasteiger partial charge < -0.3 is 14.6 Å². The molecule has 1 saturated carbocycles. The molecule has 4 atom stereocenters. The van der Waals surface area contributed by atoms with Crippen molar-refractivity contribution in [2.24, 2.45) is 22.7 Å². The second-order valence-electron chi connectivity index (χ2n) is 9.69. The maximum Gasteiger partial charge on any atom is 0.302 e. The van der Waals surface area contributed by atoms with Gasteiger partial charge in [-0.1, -0.05) is 34.1 Å². The molecule has 6 nitrogen and oxygen atoms in total. The average Bonchev–Trinajstić information content (AvgIpc) is 2.63. The fourth-order valence-electron chi connectivity index (χ4n) is 5.94. The summed E-state index contributed by atoms with van der Waals surface area (Å²) in [7, 11) is 1.57. The van der Waals surface area contributed by atoms with Gasteiger partial charge in [0.1, 0.15) is 5.76 Å². The van der Waals surface area contributed by atoms with Gasteiger partial charge in [-0.2, -0.15) is 0 Å². The van der Waals surface area contributed by atoms with E-state index in [-0.39, 0.29) is 29.3 Å². The number of allylic oxidation sites excluding steroid dienone is 1. The number of aliphatic hydroxyl groups is 1. The zero-order chi connectivity index (χ0) is 21.7. The normalized spacial score (nSPS) is 32.6. The molecule has 0 aliphatic heterocycles. The number of ether oxygens (including phenoxy) is 2. The Morgan fingerprint density at radius 2 is 1.86 bits per heavy atom. The summed E-state index contributed by atoms with van der Waals surface area (Å²) >= 11 is 0. The maximum atomic E-state index is 13.4. The van der Waals surface area contributed by atoms with E-state index in [0.717, 1.165) is 19.3 Å². The molecule has 0 amide bonds. The lowest BCUT2D eigenvalue weighted by Gasteiger charge is -2.56. The zero-order valence-electron chi connectivity index (χ0n) is 18.3. The van der Waals surface area contributed by atoms with Gasteiger partial charge >= 0.3 is 5.97 Å². The van der Waals surface area contributed by atoms with Crippen LogP contribution in [0.2, 0.25) is 0 Å². The Hall–Kier alpha value is -1.95. The molecule has 3 aliphatic rings. The van der Waals surface area contributed by atoms with Crippen LogP contribution in [0.5, 0.6) is 0 Å². The van der Waals surface area contributed by atoms with Crippen molar-refractivity contribution in [1.29, 1.82) is 0 Å². The van der Waals surface area contributed by atoms with E-state index in [4.69, 9.17) is 9.47 Å². The molecule has 0 saturated heterocycles. The number of ketones is 2. The summed E-state index contributed by atoms with van der Waals surface area (Å²) in [6.45, 7) is 9.37. The van der Waals surface area contributed by atoms with Crippen LogP contribution in [0.15, 0.2) is 22.5 Å². The van der Waals surface area contributed by atoms with Crippen molar-refractivity contribution in [1.82, 2.24) is 0 Å². The van der Waals surface area contributed by atoms with Gasteiger partial charge in [0, 0.05) is 36.5 Å². The maximum absolute atomic E-state index is 13.4. The van der Waals surface area contributed by atoms with Crippen LogP contribution in [0.25, 0.3) is 0 Å². The second kappa shape index (κ2) is 7.38. The van der Waals surface area contributed by atoms with Crippen molar-refractivity contribution in [2.75, 3.05) is 13.7 Å². The van der Waals surface area contributed by atoms with Gasteiger partial charge in [0.05, 0.1) is 18.3 Å². The molecule has 1 unspecified atom stereocenters. The van der Waals surface area contributed by atoms with E-state index >= 15 is 0 Å². The highest BCUT2D eigenvalue weighted by atomic mass is 16.5. The monoisotopic (exact) mass is 404 g/mol. The van der Waals surface area contributed by atoms with Crippen molar-refractivity contribution < 1.29 is 29.0 Å². The van der Waals surface area contributed by atoms with Gasteiger partial charge in [-0.15, -0.1) is 0 Å². The lowest BCUT2D eigenvalue weighted by atomic mass is 9.48. The van der Waals surface area contributed by atoms with Gasteiger partial charge in [0.15, 0.2) is 0 Å². The first-order valence-electron chi connectivity index (χ1n) is 10.4. The molecule has 1 fully saturated rings. The van der Waals surface area contributed by atoms with Crippen LogP contribution in [0.1, 0.15) is 60.3 Å². The summed E-state index contributed by atoms with van der Waals surface area (Å²) in [5, 5.41) is 11.2. The molecular weight excluding hydrogens is 372 g/mol. The van der Waals surface area contributed by atoms with Gasteiger partial charge in [0.2, 0.25) is 11.6 Å². The van der Waals surface area contributed by atoms with Crippen LogP contribution in [-0.4, -0.2) is 42.5 Å². The van der Waals surface area contributed by atoms with Crippen LogP contribution < -0.4 is 0 Å². The number of carbonyl (C=O) groups is 3. The van der Waals surface area contributed by atoms with E-state index in [0.29, 0.717) is 17.6 Å². The Morgan fingerprint density at radius 1 is 1.21 bits per heavy atom. The predicted molar refractivity (Wildman–Crippen MR) is 107 cm³/mol. The molecule has 0 spiro atoms. The Balaban J connectivity index is 2.17. The first kappa shape index (κ1) is 21.8. The molecule has 0 aromatic rings. The minimum atomic E-state index is -0.694. The van der Waals surface area contributed by atoms with Gasteiger partial charge in [-0.3, -0.25) is 14.4 Å². The molecule has 0 aromatic carbocycles. The molecule has 0 heterocycles. The molecular formula is C23H32O6. The van der Waals surface area contributed by atoms with Crippen LogP contribution >= 0.6 is 0 Å². The fourth-order valence-corrected chi connectivity index (χ4v) is 5.94. The minimum absolute atomic E-state index is 0.00780. The van der Waals surface area contributed by atoms with E-state index in [1.54, 1.807) is 14.0 Å². The Morgan fingerprint density at radius 3 is 2.45 bits per heavy atom. The summed E-state index contributed by atoms with van der Waals surface area (Å²) in [5.41, 5.74) is 0.442. The number of methoxy groups -OCH3 is 1. The number of aliphatic hydroxyl groups excluding tert-OH is 1. The number of hydrogen-bond donors (Lipinski definition) is 1. The first-order valence-corrected chi connectivity index (χ1v) is 10.4. The lowest BCUT2D eigenvalue weighted by Crippen LogP contribution is -2.53. The van der Waals surface area contributed by atoms with E-state index in [9.17, 15) is 19.5 Å². The highest BCUT2D eigenvalue weighted by Gasteiger charge is 2.58. The van der Waals surface area contributed by atoms with Gasteiger partial charge in [-0.05, 0) is 30.6 Å². The number of rotatable bonds is 4. The molecule has 6 heteroatoms. The number of hydrogen-bond acceptors (Lipinski definition) is 6. The van der Waals surface area contributed by atoms with Crippen LogP contribution in [-0.2, 0) is 23.9 Å². The van der Waals surface area contributed by atoms with Crippen molar-refractivity contribution in [3.8, 4) is 0 Å².